The van der Waals surface area contributed by atoms with Gasteiger partial charge in [0.1, 0.15) is 0 Å². The van der Waals surface area contributed by atoms with Gasteiger partial charge in [-0.3, -0.25) is 9.78 Å². The summed E-state index contributed by atoms with van der Waals surface area (Å²) < 4.78 is 5.37. The van der Waals surface area contributed by atoms with Gasteiger partial charge in [-0.2, -0.15) is 0 Å². The second-order valence-corrected chi connectivity index (χ2v) is 5.88. The monoisotopic (exact) mass is 371 g/mol. The number of aryl methyl sites for hydroxylation is 1. The number of halogens is 2. The number of pyridine rings is 1. The number of carbonyl (C=O) groups excluding carboxylic acids is 1. The molecule has 24 heavy (non-hydrogen) atoms. The molecule has 0 atom stereocenters. The van der Waals surface area contributed by atoms with Gasteiger partial charge in [0.05, 0.1) is 16.6 Å². The molecular formula is C17H23Cl2N3O2. The first-order valence-electron chi connectivity index (χ1n) is 7.60. The van der Waals surface area contributed by atoms with E-state index < -0.39 is 5.41 Å². The number of nitrogens with zero attached hydrogens (tertiary/aromatic N) is 1. The normalized spacial score (nSPS) is 15.9. The fourth-order valence-corrected chi connectivity index (χ4v) is 2.96. The Labute approximate surface area is 154 Å². The van der Waals surface area contributed by atoms with Crippen LogP contribution < -0.4 is 11.1 Å². The van der Waals surface area contributed by atoms with E-state index in [1.54, 1.807) is 6.20 Å². The van der Waals surface area contributed by atoms with Gasteiger partial charge in [0.25, 0.3) is 0 Å². The van der Waals surface area contributed by atoms with Crippen LogP contribution in [0.25, 0.3) is 10.9 Å². The number of rotatable bonds is 3. The lowest BCUT2D eigenvalue weighted by molar-refractivity contribution is -0.130. The Morgan fingerprint density at radius 3 is 2.67 bits per heavy atom. The average Bonchev–Trinajstić information content (AvgIpc) is 2.58. The zero-order chi connectivity index (χ0) is 15.6. The van der Waals surface area contributed by atoms with Gasteiger partial charge in [-0.15, -0.1) is 24.8 Å². The number of fused-ring (bicyclic) bond motifs is 1. The number of amides is 1. The molecule has 132 valence electrons. The summed E-state index contributed by atoms with van der Waals surface area (Å²) in [5, 5.41) is 4.01. The van der Waals surface area contributed by atoms with Crippen molar-refractivity contribution in [3.05, 3.63) is 36.0 Å². The van der Waals surface area contributed by atoms with Crippen LogP contribution in [-0.4, -0.2) is 30.6 Å². The summed E-state index contributed by atoms with van der Waals surface area (Å²) in [7, 11) is 0. The lowest BCUT2D eigenvalue weighted by atomic mass is 9.79. The second kappa shape index (κ2) is 8.62. The molecule has 1 amide bonds. The summed E-state index contributed by atoms with van der Waals surface area (Å²) >= 11 is 0. The van der Waals surface area contributed by atoms with E-state index in [4.69, 9.17) is 10.5 Å². The summed E-state index contributed by atoms with van der Waals surface area (Å²) in [4.78, 5) is 17.2. The molecule has 1 fully saturated rings. The molecule has 2 aromatic rings. The standard InChI is InChI=1S/C17H21N3O2.2ClH/c1-12-4-5-14(13-3-2-8-19-15(12)13)20-16(21)17(11-18)6-9-22-10-7-17;;/h2-5,8H,6-7,9-11,18H2,1H3,(H,20,21);2*1H. The van der Waals surface area contributed by atoms with Crippen LogP contribution in [0.1, 0.15) is 18.4 Å². The van der Waals surface area contributed by atoms with Crippen molar-refractivity contribution in [2.24, 2.45) is 11.1 Å². The number of nitrogens with two attached hydrogens (primary N) is 1. The summed E-state index contributed by atoms with van der Waals surface area (Å²) in [6.07, 6.45) is 3.09. The molecule has 1 aromatic carbocycles. The molecule has 3 N–H and O–H groups in total. The molecule has 1 aromatic heterocycles. The molecule has 0 unspecified atom stereocenters. The van der Waals surface area contributed by atoms with E-state index in [1.165, 1.54) is 0 Å². The third-order valence-electron chi connectivity index (χ3n) is 4.54. The lowest BCUT2D eigenvalue weighted by Gasteiger charge is -2.34. The number of hydrogen-bond donors (Lipinski definition) is 2. The molecule has 1 aliphatic heterocycles. The third kappa shape index (κ3) is 3.81. The largest absolute Gasteiger partial charge is 0.381 e. The molecule has 0 radical (unpaired) electrons. The van der Waals surface area contributed by atoms with Crippen molar-refractivity contribution in [1.29, 1.82) is 0 Å². The Balaban J connectivity index is 0.00000144. The SMILES string of the molecule is Cc1ccc(NC(=O)C2(CN)CCOCC2)c2cccnc12.Cl.Cl. The number of benzene rings is 1. The van der Waals surface area contributed by atoms with Gasteiger partial charge < -0.3 is 15.8 Å². The first-order valence-corrected chi connectivity index (χ1v) is 7.60. The van der Waals surface area contributed by atoms with Crippen LogP contribution in [0.5, 0.6) is 0 Å². The van der Waals surface area contributed by atoms with Crippen molar-refractivity contribution in [1.82, 2.24) is 4.98 Å². The van der Waals surface area contributed by atoms with Gasteiger partial charge in [0.2, 0.25) is 5.91 Å². The van der Waals surface area contributed by atoms with E-state index in [-0.39, 0.29) is 30.7 Å². The number of anilines is 1. The van der Waals surface area contributed by atoms with E-state index in [0.29, 0.717) is 32.6 Å². The van der Waals surface area contributed by atoms with Gasteiger partial charge in [0.15, 0.2) is 0 Å². The van der Waals surface area contributed by atoms with E-state index in [9.17, 15) is 4.79 Å². The van der Waals surface area contributed by atoms with Crippen molar-refractivity contribution in [2.75, 3.05) is 25.1 Å². The van der Waals surface area contributed by atoms with E-state index in [2.05, 4.69) is 10.3 Å². The Morgan fingerprint density at radius 2 is 2.00 bits per heavy atom. The molecule has 5 nitrogen and oxygen atoms in total. The number of hydrogen-bond acceptors (Lipinski definition) is 4. The minimum Gasteiger partial charge on any atom is -0.381 e. The minimum absolute atomic E-state index is 0. The maximum atomic E-state index is 12.8. The zero-order valence-electron chi connectivity index (χ0n) is 13.6. The van der Waals surface area contributed by atoms with Gasteiger partial charge in [-0.05, 0) is 43.5 Å². The van der Waals surface area contributed by atoms with Gasteiger partial charge >= 0.3 is 0 Å². The second-order valence-electron chi connectivity index (χ2n) is 5.88. The molecule has 2 heterocycles. The van der Waals surface area contributed by atoms with Gasteiger partial charge in [-0.25, -0.2) is 0 Å². The molecule has 0 saturated carbocycles. The number of nitrogens with one attached hydrogen (secondary N) is 1. The van der Waals surface area contributed by atoms with Crippen molar-refractivity contribution in [2.45, 2.75) is 19.8 Å². The molecule has 0 aliphatic carbocycles. The highest BCUT2D eigenvalue weighted by Crippen LogP contribution is 2.32. The highest BCUT2D eigenvalue weighted by molar-refractivity contribution is 6.03. The van der Waals surface area contributed by atoms with Gasteiger partial charge in [-0.1, -0.05) is 6.07 Å². The van der Waals surface area contributed by atoms with Crippen molar-refractivity contribution >= 4 is 47.3 Å². The minimum atomic E-state index is -0.530. The van der Waals surface area contributed by atoms with Crippen molar-refractivity contribution in [3.63, 3.8) is 0 Å². The summed E-state index contributed by atoms with van der Waals surface area (Å²) in [6, 6.07) is 7.76. The number of aromatic nitrogens is 1. The van der Waals surface area contributed by atoms with Gasteiger partial charge in [0, 0.05) is 31.3 Å². The predicted molar refractivity (Wildman–Crippen MR) is 101 cm³/mol. The van der Waals surface area contributed by atoms with Crippen LogP contribution in [0.3, 0.4) is 0 Å². The Morgan fingerprint density at radius 1 is 1.29 bits per heavy atom. The van der Waals surface area contributed by atoms with Crippen LogP contribution in [0.4, 0.5) is 5.69 Å². The van der Waals surface area contributed by atoms with E-state index in [1.807, 2.05) is 31.2 Å². The van der Waals surface area contributed by atoms with Crippen LogP contribution in [-0.2, 0) is 9.53 Å². The molecule has 1 saturated heterocycles. The summed E-state index contributed by atoms with van der Waals surface area (Å²) in [5.74, 6) is -0.0210. The highest BCUT2D eigenvalue weighted by Gasteiger charge is 2.38. The number of carbonyl (C=O) groups is 1. The van der Waals surface area contributed by atoms with E-state index in [0.717, 1.165) is 22.2 Å². The fourth-order valence-electron chi connectivity index (χ4n) is 2.96. The van der Waals surface area contributed by atoms with E-state index >= 15 is 0 Å². The average molecular weight is 372 g/mol. The topological polar surface area (TPSA) is 77.2 Å². The highest BCUT2D eigenvalue weighted by atomic mass is 35.5. The maximum Gasteiger partial charge on any atom is 0.232 e. The fraction of sp³-hybridized carbons (Fsp3) is 0.412. The smallest absolute Gasteiger partial charge is 0.232 e. The Bertz CT molecular complexity index is 703. The van der Waals surface area contributed by atoms with Crippen molar-refractivity contribution < 1.29 is 9.53 Å². The lowest BCUT2D eigenvalue weighted by Crippen LogP contribution is -2.46. The molecule has 1 aliphatic rings. The summed E-state index contributed by atoms with van der Waals surface area (Å²) in [6.45, 7) is 3.52. The van der Waals surface area contributed by atoms with Crippen LogP contribution in [0, 0.1) is 12.3 Å². The molecule has 3 rings (SSSR count). The quantitative estimate of drug-likeness (QED) is 0.868. The first kappa shape index (κ1) is 20.6. The predicted octanol–water partition coefficient (Wildman–Crippen LogP) is 3.08. The Hall–Kier alpha value is -1.40. The molecule has 7 heteroatoms. The molecule has 0 spiro atoms. The molecular weight excluding hydrogens is 349 g/mol. The maximum absolute atomic E-state index is 12.8. The summed E-state index contributed by atoms with van der Waals surface area (Å²) in [5.41, 5.74) is 8.16. The van der Waals surface area contributed by atoms with Crippen LogP contribution >= 0.6 is 24.8 Å². The third-order valence-corrected chi connectivity index (χ3v) is 4.54. The first-order chi connectivity index (χ1) is 10.7. The number of ether oxygens (including phenoxy) is 1. The van der Waals surface area contributed by atoms with Crippen LogP contribution in [0.2, 0.25) is 0 Å². The molecule has 0 bridgehead atoms. The Kier molecular flexibility index (Phi) is 7.42. The van der Waals surface area contributed by atoms with Crippen molar-refractivity contribution in [3.8, 4) is 0 Å². The zero-order valence-corrected chi connectivity index (χ0v) is 15.2. The van der Waals surface area contributed by atoms with Crippen LogP contribution in [0.15, 0.2) is 30.5 Å².